The average Bonchev–Trinajstić information content (AvgIpc) is 2.20. The Bertz CT molecular complexity index is 332. The zero-order chi connectivity index (χ0) is 14.6. The molecule has 0 saturated carbocycles. The second-order valence-electron chi connectivity index (χ2n) is 5.88. The van der Waals surface area contributed by atoms with Gasteiger partial charge in [-0.3, -0.25) is 4.79 Å². The van der Waals surface area contributed by atoms with Gasteiger partial charge in [0.15, 0.2) is 0 Å². The lowest BCUT2D eigenvalue weighted by molar-refractivity contribution is -0.143. The number of β-amino-alcohol motifs (C(OH)–C–C–N with tert-alkyl or cyclic N) is 1. The molecule has 0 aromatic heterocycles. The quantitative estimate of drug-likeness (QED) is 0.796. The number of carbonyl (C=O) groups excluding carboxylic acids is 2. The number of carbonyl (C=O) groups is 2. The minimum atomic E-state index is -0.586. The monoisotopic (exact) mass is 272 g/mol. The number of nitrogens with one attached hydrogen (secondary N) is 1. The normalized spacial score (nSPS) is 17.6. The van der Waals surface area contributed by atoms with Crippen molar-refractivity contribution in [2.75, 3.05) is 13.1 Å². The maximum absolute atomic E-state index is 12.1. The van der Waals surface area contributed by atoms with Crippen LogP contribution in [-0.4, -0.2) is 52.8 Å². The van der Waals surface area contributed by atoms with E-state index in [4.69, 9.17) is 4.74 Å². The first-order valence-corrected chi connectivity index (χ1v) is 6.69. The molecule has 0 bridgehead atoms. The second-order valence-corrected chi connectivity index (χ2v) is 5.88. The molecule has 6 heteroatoms. The first-order valence-electron chi connectivity index (χ1n) is 6.69. The average molecular weight is 272 g/mol. The lowest BCUT2D eigenvalue weighted by Gasteiger charge is -2.38. The molecule has 0 aliphatic carbocycles. The van der Waals surface area contributed by atoms with Crippen LogP contribution in [0, 0.1) is 0 Å². The van der Waals surface area contributed by atoms with E-state index in [1.54, 1.807) is 25.7 Å². The van der Waals surface area contributed by atoms with Crippen LogP contribution in [0.4, 0.5) is 4.79 Å². The van der Waals surface area contributed by atoms with Crippen LogP contribution < -0.4 is 5.32 Å². The molecule has 2 amide bonds. The Morgan fingerprint density at radius 1 is 1.42 bits per heavy atom. The fourth-order valence-corrected chi connectivity index (χ4v) is 1.85. The van der Waals surface area contributed by atoms with E-state index in [0.717, 1.165) is 6.42 Å². The van der Waals surface area contributed by atoms with E-state index in [2.05, 4.69) is 5.32 Å². The summed E-state index contributed by atoms with van der Waals surface area (Å²) in [4.78, 5) is 25.3. The van der Waals surface area contributed by atoms with Crippen molar-refractivity contribution >= 4 is 12.0 Å². The highest BCUT2D eigenvalue weighted by Gasteiger charge is 2.34. The molecule has 6 nitrogen and oxygen atoms in total. The largest absolute Gasteiger partial charge is 0.444 e. The molecule has 0 spiro atoms. The number of rotatable bonds is 4. The van der Waals surface area contributed by atoms with Crippen molar-refractivity contribution in [3.63, 3.8) is 0 Å². The molecule has 0 unspecified atom stereocenters. The van der Waals surface area contributed by atoms with Gasteiger partial charge < -0.3 is 20.1 Å². The SMILES string of the molecule is CCC[C@@H](NC(=O)OC(C)(C)C)C(=O)N1CC(O)C1. The fraction of sp³-hybridized carbons (Fsp3) is 0.846. The molecular weight excluding hydrogens is 248 g/mol. The molecule has 1 aliphatic rings. The Labute approximate surface area is 114 Å². The topological polar surface area (TPSA) is 78.9 Å². The summed E-state index contributed by atoms with van der Waals surface area (Å²) in [6, 6.07) is -0.577. The van der Waals surface area contributed by atoms with Crippen LogP contribution in [0.5, 0.6) is 0 Å². The van der Waals surface area contributed by atoms with Gasteiger partial charge in [0.25, 0.3) is 0 Å². The van der Waals surface area contributed by atoms with Crippen LogP contribution in [0.1, 0.15) is 40.5 Å². The van der Waals surface area contributed by atoms with Crippen LogP contribution in [0.3, 0.4) is 0 Å². The molecule has 2 N–H and O–H groups in total. The Balaban J connectivity index is 2.52. The van der Waals surface area contributed by atoms with Crippen molar-refractivity contribution in [3.05, 3.63) is 0 Å². The molecule has 1 aliphatic heterocycles. The van der Waals surface area contributed by atoms with Crippen molar-refractivity contribution in [3.8, 4) is 0 Å². The van der Waals surface area contributed by atoms with Gasteiger partial charge >= 0.3 is 6.09 Å². The van der Waals surface area contributed by atoms with E-state index < -0.39 is 23.8 Å². The smallest absolute Gasteiger partial charge is 0.408 e. The van der Waals surface area contributed by atoms with Gasteiger partial charge in [-0.05, 0) is 27.2 Å². The third-order valence-electron chi connectivity index (χ3n) is 2.74. The first-order chi connectivity index (χ1) is 8.73. The number of nitrogens with zero attached hydrogens (tertiary/aromatic N) is 1. The summed E-state index contributed by atoms with van der Waals surface area (Å²) < 4.78 is 5.15. The van der Waals surface area contributed by atoms with E-state index in [9.17, 15) is 14.7 Å². The number of amides is 2. The first kappa shape index (κ1) is 15.8. The van der Waals surface area contributed by atoms with E-state index in [1.165, 1.54) is 0 Å². The molecule has 1 rings (SSSR count). The fourth-order valence-electron chi connectivity index (χ4n) is 1.85. The maximum Gasteiger partial charge on any atom is 0.408 e. The van der Waals surface area contributed by atoms with Crippen LogP contribution in [0.2, 0.25) is 0 Å². The molecule has 1 heterocycles. The van der Waals surface area contributed by atoms with Gasteiger partial charge in [-0.1, -0.05) is 13.3 Å². The van der Waals surface area contributed by atoms with E-state index >= 15 is 0 Å². The number of likely N-dealkylation sites (tertiary alicyclic amines) is 1. The molecular formula is C13H24N2O4. The Morgan fingerprint density at radius 3 is 2.42 bits per heavy atom. The highest BCUT2D eigenvalue weighted by Crippen LogP contribution is 2.13. The Hall–Kier alpha value is -1.30. The van der Waals surface area contributed by atoms with Gasteiger partial charge in [0, 0.05) is 13.1 Å². The van der Waals surface area contributed by atoms with Crippen molar-refractivity contribution in [1.29, 1.82) is 0 Å². The lowest BCUT2D eigenvalue weighted by atomic mass is 10.1. The number of aliphatic hydroxyl groups is 1. The summed E-state index contributed by atoms with van der Waals surface area (Å²) in [6.45, 7) is 7.95. The van der Waals surface area contributed by atoms with Crippen molar-refractivity contribution in [1.82, 2.24) is 10.2 Å². The van der Waals surface area contributed by atoms with Crippen molar-refractivity contribution in [2.24, 2.45) is 0 Å². The van der Waals surface area contributed by atoms with E-state index in [-0.39, 0.29) is 5.91 Å². The van der Waals surface area contributed by atoms with Crippen molar-refractivity contribution < 1.29 is 19.4 Å². The van der Waals surface area contributed by atoms with Crippen LogP contribution in [-0.2, 0) is 9.53 Å². The summed E-state index contributed by atoms with van der Waals surface area (Å²) in [7, 11) is 0. The number of aliphatic hydroxyl groups excluding tert-OH is 1. The van der Waals surface area contributed by atoms with Gasteiger partial charge in [-0.25, -0.2) is 4.79 Å². The van der Waals surface area contributed by atoms with Gasteiger partial charge in [0.1, 0.15) is 11.6 Å². The minimum Gasteiger partial charge on any atom is -0.444 e. The molecule has 0 aromatic carbocycles. The van der Waals surface area contributed by atoms with E-state index in [0.29, 0.717) is 19.5 Å². The second kappa shape index (κ2) is 6.23. The van der Waals surface area contributed by atoms with Crippen molar-refractivity contribution in [2.45, 2.75) is 58.3 Å². The summed E-state index contributed by atoms with van der Waals surface area (Å²) in [6.07, 6.45) is 0.320. The zero-order valence-corrected chi connectivity index (χ0v) is 12.1. The predicted molar refractivity (Wildman–Crippen MR) is 70.7 cm³/mol. The van der Waals surface area contributed by atoms with Gasteiger partial charge in [-0.15, -0.1) is 0 Å². The third-order valence-corrected chi connectivity index (χ3v) is 2.74. The van der Waals surface area contributed by atoms with Crippen LogP contribution >= 0.6 is 0 Å². The molecule has 0 aromatic rings. The minimum absolute atomic E-state index is 0.155. The highest BCUT2D eigenvalue weighted by atomic mass is 16.6. The zero-order valence-electron chi connectivity index (χ0n) is 12.1. The number of hydrogen-bond acceptors (Lipinski definition) is 4. The number of alkyl carbamates (subject to hydrolysis) is 1. The van der Waals surface area contributed by atoms with Gasteiger partial charge in [0.2, 0.25) is 5.91 Å². The molecule has 0 radical (unpaired) electrons. The third kappa shape index (κ3) is 5.06. The maximum atomic E-state index is 12.1. The molecule has 1 atom stereocenters. The van der Waals surface area contributed by atoms with Crippen LogP contribution in [0.25, 0.3) is 0 Å². The summed E-state index contributed by atoms with van der Waals surface area (Å²) in [5.74, 6) is -0.155. The van der Waals surface area contributed by atoms with E-state index in [1.807, 2.05) is 6.92 Å². The van der Waals surface area contributed by atoms with Crippen LogP contribution in [0.15, 0.2) is 0 Å². The van der Waals surface area contributed by atoms with Gasteiger partial charge in [-0.2, -0.15) is 0 Å². The standard InChI is InChI=1S/C13H24N2O4/c1-5-6-10(11(17)15-7-9(16)8-15)14-12(18)19-13(2,3)4/h9-10,16H,5-8H2,1-4H3,(H,14,18)/t10-/m1/s1. The highest BCUT2D eigenvalue weighted by molar-refractivity contribution is 5.86. The number of ether oxygens (including phenoxy) is 1. The Morgan fingerprint density at radius 2 is 2.00 bits per heavy atom. The molecule has 110 valence electrons. The van der Waals surface area contributed by atoms with Gasteiger partial charge in [0.05, 0.1) is 6.10 Å². The molecule has 19 heavy (non-hydrogen) atoms. The molecule has 1 saturated heterocycles. The lowest BCUT2D eigenvalue weighted by Crippen LogP contribution is -2.59. The summed E-state index contributed by atoms with van der Waals surface area (Å²) in [5, 5.41) is 11.8. The molecule has 1 fully saturated rings. The predicted octanol–water partition coefficient (Wildman–Crippen LogP) is 0.883. The number of hydrogen-bond donors (Lipinski definition) is 2. The summed E-state index contributed by atoms with van der Waals surface area (Å²) in [5.41, 5.74) is -0.586. The summed E-state index contributed by atoms with van der Waals surface area (Å²) >= 11 is 0. The Kier molecular flexibility index (Phi) is 5.17.